The molecule has 4 nitrogen and oxygen atoms in total. The lowest BCUT2D eigenvalue weighted by molar-refractivity contribution is -0.140. The standard InChI is InChI=1S/C24H22ClFN2O2/c1-17(29)28(16-19-9-13-22(26)14-10-19)23(20-5-3-2-4-6-20)24(30)27-15-18-7-11-21(25)12-8-18/h2-14,23H,15-16H2,1H3,(H,27,30)/t23-/m0/s1. The number of hydrogen-bond donors (Lipinski definition) is 1. The Morgan fingerprint density at radius 2 is 1.53 bits per heavy atom. The number of carbonyl (C=O) groups is 2. The van der Waals surface area contributed by atoms with Gasteiger partial charge >= 0.3 is 0 Å². The fourth-order valence-corrected chi connectivity index (χ4v) is 3.29. The van der Waals surface area contributed by atoms with E-state index in [1.807, 2.05) is 42.5 Å². The molecule has 30 heavy (non-hydrogen) atoms. The molecule has 3 aromatic carbocycles. The van der Waals surface area contributed by atoms with Gasteiger partial charge in [0, 0.05) is 25.0 Å². The first-order valence-corrected chi connectivity index (χ1v) is 9.90. The summed E-state index contributed by atoms with van der Waals surface area (Å²) in [6, 6.07) is 21.4. The molecule has 3 rings (SSSR count). The van der Waals surface area contributed by atoms with Gasteiger partial charge in [-0.3, -0.25) is 9.59 Å². The van der Waals surface area contributed by atoms with Gasteiger partial charge in [-0.15, -0.1) is 0 Å². The number of rotatable bonds is 7. The third-order valence-corrected chi connectivity index (χ3v) is 4.98. The normalized spacial score (nSPS) is 11.6. The summed E-state index contributed by atoms with van der Waals surface area (Å²) in [5.74, 6) is -0.906. The maximum Gasteiger partial charge on any atom is 0.247 e. The minimum Gasteiger partial charge on any atom is -0.350 e. The molecular weight excluding hydrogens is 403 g/mol. The molecule has 1 atom stereocenters. The molecule has 0 unspecified atom stereocenters. The molecule has 2 amide bonds. The van der Waals surface area contributed by atoms with Crippen molar-refractivity contribution < 1.29 is 14.0 Å². The van der Waals surface area contributed by atoms with Gasteiger partial charge in [0.05, 0.1) is 0 Å². The van der Waals surface area contributed by atoms with Gasteiger partial charge in [-0.25, -0.2) is 4.39 Å². The van der Waals surface area contributed by atoms with Gasteiger partial charge in [0.2, 0.25) is 11.8 Å². The average Bonchev–Trinajstić information content (AvgIpc) is 2.75. The molecule has 6 heteroatoms. The van der Waals surface area contributed by atoms with Crippen LogP contribution in [0.25, 0.3) is 0 Å². The fraction of sp³-hybridized carbons (Fsp3) is 0.167. The van der Waals surface area contributed by atoms with Gasteiger partial charge in [-0.05, 0) is 41.0 Å². The molecule has 0 fully saturated rings. The highest BCUT2D eigenvalue weighted by Crippen LogP contribution is 2.24. The SMILES string of the molecule is CC(=O)N(Cc1ccc(F)cc1)[C@H](C(=O)NCc1ccc(Cl)cc1)c1ccccc1. The molecule has 0 aliphatic carbocycles. The van der Waals surface area contributed by atoms with Crippen molar-refractivity contribution in [3.05, 3.63) is 106 Å². The van der Waals surface area contributed by atoms with Crippen molar-refractivity contribution in [2.45, 2.75) is 26.1 Å². The van der Waals surface area contributed by atoms with Gasteiger partial charge in [-0.1, -0.05) is 66.2 Å². The minimum absolute atomic E-state index is 0.184. The second kappa shape index (κ2) is 10.0. The number of amides is 2. The Hall–Kier alpha value is -3.18. The van der Waals surface area contributed by atoms with Crippen LogP contribution >= 0.6 is 11.6 Å². The molecule has 0 spiro atoms. The van der Waals surface area contributed by atoms with Gasteiger partial charge in [-0.2, -0.15) is 0 Å². The van der Waals surface area contributed by atoms with Crippen LogP contribution in [-0.2, 0) is 22.7 Å². The van der Waals surface area contributed by atoms with E-state index in [-0.39, 0.29) is 24.2 Å². The highest BCUT2D eigenvalue weighted by Gasteiger charge is 2.29. The van der Waals surface area contributed by atoms with Crippen molar-refractivity contribution in [1.29, 1.82) is 0 Å². The van der Waals surface area contributed by atoms with E-state index < -0.39 is 6.04 Å². The fourth-order valence-electron chi connectivity index (χ4n) is 3.17. The lowest BCUT2D eigenvalue weighted by Crippen LogP contribution is -2.42. The molecule has 0 aliphatic rings. The third-order valence-electron chi connectivity index (χ3n) is 4.73. The number of nitrogens with one attached hydrogen (secondary N) is 1. The lowest BCUT2D eigenvalue weighted by Gasteiger charge is -2.30. The van der Waals surface area contributed by atoms with E-state index in [1.165, 1.54) is 24.0 Å². The highest BCUT2D eigenvalue weighted by atomic mass is 35.5. The Bertz CT molecular complexity index is 992. The number of benzene rings is 3. The minimum atomic E-state index is -0.818. The van der Waals surface area contributed by atoms with Gasteiger partial charge in [0.15, 0.2) is 0 Å². The highest BCUT2D eigenvalue weighted by molar-refractivity contribution is 6.30. The first-order valence-electron chi connectivity index (χ1n) is 9.53. The Morgan fingerprint density at radius 1 is 0.933 bits per heavy atom. The number of halogens is 2. The van der Waals surface area contributed by atoms with E-state index in [1.54, 1.807) is 24.3 Å². The molecule has 0 aliphatic heterocycles. The first kappa shape index (κ1) is 21.5. The zero-order valence-corrected chi connectivity index (χ0v) is 17.3. The Morgan fingerprint density at radius 3 is 2.13 bits per heavy atom. The second-order valence-electron chi connectivity index (χ2n) is 6.93. The summed E-state index contributed by atoms with van der Waals surface area (Å²) < 4.78 is 13.3. The Labute approximate surface area is 180 Å². The molecule has 0 saturated heterocycles. The van der Waals surface area contributed by atoms with Crippen LogP contribution in [0.15, 0.2) is 78.9 Å². The van der Waals surface area contributed by atoms with Crippen molar-refractivity contribution in [1.82, 2.24) is 10.2 Å². The molecule has 0 aromatic heterocycles. The molecule has 154 valence electrons. The van der Waals surface area contributed by atoms with Crippen LogP contribution in [0.4, 0.5) is 4.39 Å². The summed E-state index contributed by atoms with van der Waals surface area (Å²) in [4.78, 5) is 27.2. The molecule has 0 bridgehead atoms. The number of nitrogens with zero attached hydrogens (tertiary/aromatic N) is 1. The Kier molecular flexibility index (Phi) is 7.20. The zero-order chi connectivity index (χ0) is 21.5. The summed E-state index contributed by atoms with van der Waals surface area (Å²) in [6.07, 6.45) is 0. The zero-order valence-electron chi connectivity index (χ0n) is 16.5. The first-order chi connectivity index (χ1) is 14.4. The van der Waals surface area contributed by atoms with Crippen molar-refractivity contribution in [2.75, 3.05) is 0 Å². The van der Waals surface area contributed by atoms with Crippen LogP contribution in [-0.4, -0.2) is 16.7 Å². The van der Waals surface area contributed by atoms with Crippen LogP contribution in [0.3, 0.4) is 0 Å². The van der Waals surface area contributed by atoms with Crippen LogP contribution < -0.4 is 5.32 Å². The van der Waals surface area contributed by atoms with Gasteiger partial charge in [0.25, 0.3) is 0 Å². The molecular formula is C24H22ClFN2O2. The number of hydrogen-bond acceptors (Lipinski definition) is 2. The van der Waals surface area contributed by atoms with Crippen LogP contribution in [0, 0.1) is 5.82 Å². The predicted octanol–water partition coefficient (Wildman–Crippen LogP) is 4.89. The maximum atomic E-state index is 13.3. The van der Waals surface area contributed by atoms with Crippen molar-refractivity contribution in [3.63, 3.8) is 0 Å². The lowest BCUT2D eigenvalue weighted by atomic mass is 10.0. The van der Waals surface area contributed by atoms with Gasteiger partial charge < -0.3 is 10.2 Å². The van der Waals surface area contributed by atoms with E-state index in [9.17, 15) is 14.0 Å². The summed E-state index contributed by atoms with van der Waals surface area (Å²) in [5.41, 5.74) is 2.33. The van der Waals surface area contributed by atoms with E-state index in [0.717, 1.165) is 11.1 Å². The van der Waals surface area contributed by atoms with Crippen molar-refractivity contribution in [2.24, 2.45) is 0 Å². The monoisotopic (exact) mass is 424 g/mol. The topological polar surface area (TPSA) is 49.4 Å². The van der Waals surface area contributed by atoms with E-state index in [0.29, 0.717) is 17.1 Å². The summed E-state index contributed by atoms with van der Waals surface area (Å²) in [7, 11) is 0. The number of carbonyl (C=O) groups excluding carboxylic acids is 2. The molecule has 0 radical (unpaired) electrons. The molecule has 0 heterocycles. The second-order valence-corrected chi connectivity index (χ2v) is 7.37. The van der Waals surface area contributed by atoms with Crippen molar-refractivity contribution in [3.8, 4) is 0 Å². The average molecular weight is 425 g/mol. The van der Waals surface area contributed by atoms with E-state index in [4.69, 9.17) is 11.6 Å². The summed E-state index contributed by atoms with van der Waals surface area (Å²) >= 11 is 5.91. The molecule has 3 aromatic rings. The van der Waals surface area contributed by atoms with Crippen molar-refractivity contribution >= 4 is 23.4 Å². The van der Waals surface area contributed by atoms with Crippen LogP contribution in [0.2, 0.25) is 5.02 Å². The smallest absolute Gasteiger partial charge is 0.247 e. The van der Waals surface area contributed by atoms with Gasteiger partial charge in [0.1, 0.15) is 11.9 Å². The van der Waals surface area contributed by atoms with Crippen LogP contribution in [0.1, 0.15) is 29.7 Å². The largest absolute Gasteiger partial charge is 0.350 e. The van der Waals surface area contributed by atoms with E-state index >= 15 is 0 Å². The summed E-state index contributed by atoms with van der Waals surface area (Å²) in [6.45, 7) is 1.91. The Balaban J connectivity index is 1.85. The predicted molar refractivity (Wildman–Crippen MR) is 115 cm³/mol. The quantitative estimate of drug-likeness (QED) is 0.587. The van der Waals surface area contributed by atoms with Crippen LogP contribution in [0.5, 0.6) is 0 Å². The molecule has 1 N–H and O–H groups in total. The third kappa shape index (κ3) is 5.67. The molecule has 0 saturated carbocycles. The van der Waals surface area contributed by atoms with E-state index in [2.05, 4.69) is 5.32 Å². The summed E-state index contributed by atoms with van der Waals surface area (Å²) in [5, 5.41) is 3.53. The maximum absolute atomic E-state index is 13.3.